The molecule has 0 aromatic rings. The molecule has 0 bridgehead atoms. The number of carbonyl (C=O) groups excluding carboxylic acids is 2. The molecule has 4 nitrogen and oxygen atoms in total. The molecule has 0 aromatic heterocycles. The van der Waals surface area contributed by atoms with Gasteiger partial charge in [0, 0.05) is 0 Å². The normalized spacial score (nSPS) is 25.7. The van der Waals surface area contributed by atoms with Crippen molar-refractivity contribution in [3.05, 3.63) is 0 Å². The van der Waals surface area contributed by atoms with Crippen molar-refractivity contribution in [2.45, 2.75) is 52.1 Å². The first-order valence-electron chi connectivity index (χ1n) is 5.52. The summed E-state index contributed by atoms with van der Waals surface area (Å²) in [5.74, 6) is 0.259. The van der Waals surface area contributed by atoms with Crippen LogP contribution in [0.25, 0.3) is 0 Å². The van der Waals surface area contributed by atoms with Gasteiger partial charge in [-0.05, 0) is 25.7 Å². The fourth-order valence-electron chi connectivity index (χ4n) is 1.82. The number of rotatable bonds is 5. The van der Waals surface area contributed by atoms with Gasteiger partial charge in [-0.3, -0.25) is 10.1 Å². The first-order chi connectivity index (χ1) is 6.98. The van der Waals surface area contributed by atoms with E-state index >= 15 is 0 Å². The van der Waals surface area contributed by atoms with E-state index in [9.17, 15) is 9.59 Å². The predicted molar refractivity (Wildman–Crippen MR) is 56.3 cm³/mol. The van der Waals surface area contributed by atoms with Gasteiger partial charge in [-0.1, -0.05) is 26.7 Å². The van der Waals surface area contributed by atoms with Gasteiger partial charge in [-0.2, -0.15) is 0 Å². The first-order valence-corrected chi connectivity index (χ1v) is 5.52. The van der Waals surface area contributed by atoms with Crippen molar-refractivity contribution >= 4 is 12.0 Å². The van der Waals surface area contributed by atoms with Gasteiger partial charge < -0.3 is 4.74 Å². The summed E-state index contributed by atoms with van der Waals surface area (Å²) in [6, 6.07) is 0. The van der Waals surface area contributed by atoms with Crippen molar-refractivity contribution in [2.24, 2.45) is 5.92 Å². The maximum Gasteiger partial charge on any atom is 1.00 e. The quantitative estimate of drug-likeness (QED) is 0.638. The fraction of sp³-hybridized carbons (Fsp3) is 0.818. The average molecular weight is 236 g/mol. The first kappa shape index (κ1) is 15.9. The summed E-state index contributed by atoms with van der Waals surface area (Å²) in [6.45, 7) is 5.97. The second-order valence-corrected chi connectivity index (χ2v) is 4.51. The molecule has 1 aliphatic heterocycles. The van der Waals surface area contributed by atoms with Crippen molar-refractivity contribution in [3.63, 3.8) is 0 Å². The number of nitrogens with one attached hydrogen (secondary N) is 1. The van der Waals surface area contributed by atoms with E-state index in [2.05, 4.69) is 19.2 Å². The Morgan fingerprint density at radius 1 is 1.38 bits per heavy atom. The molecule has 2 atom stereocenters. The van der Waals surface area contributed by atoms with Gasteiger partial charge in [0.2, 0.25) is 0 Å². The van der Waals surface area contributed by atoms with Crippen LogP contribution >= 0.6 is 0 Å². The molecular formula is C11H19NNaO3+. The summed E-state index contributed by atoms with van der Waals surface area (Å²) in [5, 5.41) is 2.16. The molecule has 0 aromatic carbocycles. The summed E-state index contributed by atoms with van der Waals surface area (Å²) >= 11 is 0. The molecule has 1 aliphatic rings. The summed E-state index contributed by atoms with van der Waals surface area (Å²) in [6.07, 6.45) is 3.18. The van der Waals surface area contributed by atoms with E-state index in [1.807, 2.05) is 0 Å². The number of hydrogen-bond donors (Lipinski definition) is 1. The molecule has 86 valence electrons. The molecule has 1 heterocycles. The van der Waals surface area contributed by atoms with Gasteiger partial charge in [-0.25, -0.2) is 4.79 Å². The Bertz CT molecular complexity index is 270. The molecule has 5 heteroatoms. The van der Waals surface area contributed by atoms with Crippen LogP contribution in [-0.4, -0.2) is 17.6 Å². The van der Waals surface area contributed by atoms with Crippen molar-refractivity contribution in [2.75, 3.05) is 0 Å². The Morgan fingerprint density at radius 2 is 2.00 bits per heavy atom. The molecule has 0 aliphatic carbocycles. The van der Waals surface area contributed by atoms with Crippen molar-refractivity contribution in [3.8, 4) is 0 Å². The minimum atomic E-state index is -0.945. The Kier molecular flexibility index (Phi) is 6.60. The number of cyclic esters (lactones) is 1. The Labute approximate surface area is 119 Å². The number of ether oxygens (including phenoxy) is 1. The van der Waals surface area contributed by atoms with Gasteiger partial charge in [-0.15, -0.1) is 0 Å². The maximum absolute atomic E-state index is 11.4. The second kappa shape index (κ2) is 6.62. The van der Waals surface area contributed by atoms with E-state index in [1.165, 1.54) is 0 Å². The number of hydrogen-bond acceptors (Lipinski definition) is 3. The zero-order chi connectivity index (χ0) is 11.5. The van der Waals surface area contributed by atoms with E-state index in [4.69, 9.17) is 4.74 Å². The SMILES string of the molecule is CCCC(C)CCC1(C)OC(=O)NC1=O.[Na+]. The Balaban J connectivity index is 0.00000225. The molecule has 1 fully saturated rings. The topological polar surface area (TPSA) is 55.4 Å². The number of imide groups is 1. The minimum absolute atomic E-state index is 0. The van der Waals surface area contributed by atoms with Crippen molar-refractivity contribution < 1.29 is 43.9 Å². The van der Waals surface area contributed by atoms with E-state index in [-0.39, 0.29) is 35.5 Å². The minimum Gasteiger partial charge on any atom is -0.433 e. The van der Waals surface area contributed by atoms with Crippen LogP contribution in [0.1, 0.15) is 46.5 Å². The zero-order valence-corrected chi connectivity index (χ0v) is 12.6. The average Bonchev–Trinajstić information content (AvgIpc) is 2.39. The van der Waals surface area contributed by atoms with Gasteiger partial charge in [0.1, 0.15) is 0 Å². The molecular weight excluding hydrogens is 217 g/mol. The van der Waals surface area contributed by atoms with Crippen LogP contribution in [0.15, 0.2) is 0 Å². The van der Waals surface area contributed by atoms with Crippen LogP contribution in [0.4, 0.5) is 4.79 Å². The summed E-state index contributed by atoms with van der Waals surface area (Å²) in [5.41, 5.74) is -0.945. The van der Waals surface area contributed by atoms with Crippen LogP contribution in [0.5, 0.6) is 0 Å². The predicted octanol–water partition coefficient (Wildman–Crippen LogP) is -0.768. The number of alkyl carbamates (subject to hydrolysis) is 1. The second-order valence-electron chi connectivity index (χ2n) is 4.51. The molecule has 1 rings (SSSR count). The van der Waals surface area contributed by atoms with Crippen molar-refractivity contribution in [1.82, 2.24) is 5.32 Å². The van der Waals surface area contributed by atoms with E-state index < -0.39 is 11.7 Å². The molecule has 0 spiro atoms. The van der Waals surface area contributed by atoms with Gasteiger partial charge in [0.15, 0.2) is 5.60 Å². The summed E-state index contributed by atoms with van der Waals surface area (Å²) in [7, 11) is 0. The molecule has 2 unspecified atom stereocenters. The largest absolute Gasteiger partial charge is 1.00 e. The van der Waals surface area contributed by atoms with Crippen LogP contribution in [-0.2, 0) is 9.53 Å². The van der Waals surface area contributed by atoms with Crippen LogP contribution in [0, 0.1) is 5.92 Å². The smallest absolute Gasteiger partial charge is 0.433 e. The maximum atomic E-state index is 11.4. The van der Waals surface area contributed by atoms with Gasteiger partial charge >= 0.3 is 35.7 Å². The Morgan fingerprint density at radius 3 is 2.44 bits per heavy atom. The van der Waals surface area contributed by atoms with Crippen LogP contribution in [0.2, 0.25) is 0 Å². The van der Waals surface area contributed by atoms with E-state index in [0.29, 0.717) is 12.3 Å². The summed E-state index contributed by atoms with van der Waals surface area (Å²) in [4.78, 5) is 22.3. The van der Waals surface area contributed by atoms with E-state index in [0.717, 1.165) is 19.3 Å². The van der Waals surface area contributed by atoms with Crippen LogP contribution < -0.4 is 34.9 Å². The van der Waals surface area contributed by atoms with Crippen molar-refractivity contribution in [1.29, 1.82) is 0 Å². The molecule has 16 heavy (non-hydrogen) atoms. The molecule has 0 radical (unpaired) electrons. The van der Waals surface area contributed by atoms with Gasteiger partial charge in [0.05, 0.1) is 0 Å². The van der Waals surface area contributed by atoms with E-state index in [1.54, 1.807) is 6.92 Å². The standard InChI is InChI=1S/C11H19NO3.Na/c1-4-5-8(2)6-7-11(3)9(13)12-10(14)15-11;/h8H,4-7H2,1-3H3,(H,12,13,14);/q;+1. The third kappa shape index (κ3) is 4.07. The van der Waals surface area contributed by atoms with Gasteiger partial charge in [0.25, 0.3) is 5.91 Å². The Hall–Kier alpha value is -0.0600. The third-order valence-electron chi connectivity index (χ3n) is 2.91. The number of amides is 2. The third-order valence-corrected chi connectivity index (χ3v) is 2.91. The monoisotopic (exact) mass is 236 g/mol. The van der Waals surface area contributed by atoms with Crippen LogP contribution in [0.3, 0.4) is 0 Å². The summed E-state index contributed by atoms with van der Waals surface area (Å²) < 4.78 is 4.99. The molecule has 2 amide bonds. The molecule has 1 N–H and O–H groups in total. The fourth-order valence-corrected chi connectivity index (χ4v) is 1.82. The molecule has 1 saturated heterocycles. The zero-order valence-electron chi connectivity index (χ0n) is 10.6. The molecule has 0 saturated carbocycles. The number of carbonyl (C=O) groups is 2.